The van der Waals surface area contributed by atoms with Crippen molar-refractivity contribution in [2.24, 2.45) is 0 Å². The summed E-state index contributed by atoms with van der Waals surface area (Å²) in [5, 5.41) is 0. The van der Waals surface area contributed by atoms with Gasteiger partial charge in [0.2, 0.25) is 0 Å². The molecule has 0 atom stereocenters. The van der Waals surface area contributed by atoms with Crippen molar-refractivity contribution >= 4 is 21.5 Å². The highest BCUT2D eigenvalue weighted by molar-refractivity contribution is 7.92. The summed E-state index contributed by atoms with van der Waals surface area (Å²) in [6.45, 7) is 5.68. The smallest absolute Gasteiger partial charge is 0.261 e. The Balaban J connectivity index is 2.29. The van der Waals surface area contributed by atoms with Crippen LogP contribution < -0.4 is 9.46 Å². The van der Waals surface area contributed by atoms with Crippen LogP contribution in [0.5, 0.6) is 5.75 Å². The van der Waals surface area contributed by atoms with Gasteiger partial charge >= 0.3 is 0 Å². The van der Waals surface area contributed by atoms with Crippen molar-refractivity contribution in [1.82, 2.24) is 0 Å². The van der Waals surface area contributed by atoms with Gasteiger partial charge in [0.15, 0.2) is 5.78 Å². The number of ether oxygens (including phenoxy) is 1. The van der Waals surface area contributed by atoms with Crippen LogP contribution in [0, 0.1) is 6.92 Å². The Morgan fingerprint density at radius 3 is 2.52 bits per heavy atom. The van der Waals surface area contributed by atoms with E-state index in [2.05, 4.69) is 4.72 Å². The van der Waals surface area contributed by atoms with Gasteiger partial charge in [-0.25, -0.2) is 8.42 Å². The third-order valence-corrected chi connectivity index (χ3v) is 4.66. The van der Waals surface area contributed by atoms with E-state index in [4.69, 9.17) is 4.74 Å². The molecular formula is C17H19NO4S. The lowest BCUT2D eigenvalue weighted by molar-refractivity contribution is 0.101. The van der Waals surface area contributed by atoms with Gasteiger partial charge in [0.05, 0.1) is 11.5 Å². The Hall–Kier alpha value is -2.34. The molecule has 2 aromatic rings. The van der Waals surface area contributed by atoms with E-state index in [0.29, 0.717) is 23.6 Å². The number of hydrogen-bond donors (Lipinski definition) is 1. The van der Waals surface area contributed by atoms with Crippen molar-refractivity contribution in [2.75, 3.05) is 11.3 Å². The molecule has 0 saturated carbocycles. The summed E-state index contributed by atoms with van der Waals surface area (Å²) in [7, 11) is -3.75. The Morgan fingerprint density at radius 1 is 1.17 bits per heavy atom. The van der Waals surface area contributed by atoms with Crippen LogP contribution in [0.2, 0.25) is 0 Å². The number of sulfonamides is 1. The van der Waals surface area contributed by atoms with Crippen LogP contribution in [0.1, 0.15) is 29.8 Å². The molecule has 0 amide bonds. The van der Waals surface area contributed by atoms with Crippen LogP contribution in [0.15, 0.2) is 47.4 Å². The number of ketones is 1. The zero-order chi connectivity index (χ0) is 17.0. The molecule has 0 saturated heterocycles. The van der Waals surface area contributed by atoms with E-state index in [1.807, 2.05) is 13.8 Å². The van der Waals surface area contributed by atoms with Gasteiger partial charge in [0.1, 0.15) is 5.75 Å². The van der Waals surface area contributed by atoms with E-state index in [-0.39, 0.29) is 10.7 Å². The number of benzene rings is 2. The van der Waals surface area contributed by atoms with E-state index in [1.54, 1.807) is 30.3 Å². The number of aryl methyl sites for hydroxylation is 1. The van der Waals surface area contributed by atoms with Crippen molar-refractivity contribution in [3.8, 4) is 5.75 Å². The number of hydrogen-bond acceptors (Lipinski definition) is 4. The van der Waals surface area contributed by atoms with Gasteiger partial charge in [-0.3, -0.25) is 9.52 Å². The first-order valence-corrected chi connectivity index (χ1v) is 8.69. The molecule has 0 radical (unpaired) electrons. The van der Waals surface area contributed by atoms with E-state index in [0.717, 1.165) is 5.56 Å². The molecular weight excluding hydrogens is 314 g/mol. The summed E-state index contributed by atoms with van der Waals surface area (Å²) >= 11 is 0. The number of Topliss-reactive ketones (excluding diaryl/α,β-unsaturated/α-hetero) is 1. The third kappa shape index (κ3) is 4.10. The first-order chi connectivity index (χ1) is 10.8. The maximum absolute atomic E-state index is 12.4. The highest BCUT2D eigenvalue weighted by atomic mass is 32.2. The van der Waals surface area contributed by atoms with Crippen LogP contribution in [0.4, 0.5) is 5.69 Å². The summed E-state index contributed by atoms with van der Waals surface area (Å²) in [5.41, 5.74) is 1.64. The molecule has 0 aliphatic rings. The molecule has 0 unspecified atom stereocenters. The molecule has 6 heteroatoms. The Labute approximate surface area is 136 Å². The highest BCUT2D eigenvalue weighted by Gasteiger charge is 2.16. The lowest BCUT2D eigenvalue weighted by Crippen LogP contribution is -2.13. The van der Waals surface area contributed by atoms with Gasteiger partial charge in [-0.1, -0.05) is 12.1 Å². The predicted molar refractivity (Wildman–Crippen MR) is 89.6 cm³/mol. The van der Waals surface area contributed by atoms with Crippen LogP contribution in [-0.2, 0) is 10.0 Å². The molecule has 23 heavy (non-hydrogen) atoms. The normalized spacial score (nSPS) is 11.1. The van der Waals surface area contributed by atoms with E-state index >= 15 is 0 Å². The highest BCUT2D eigenvalue weighted by Crippen LogP contribution is 2.24. The second-order valence-corrected chi connectivity index (χ2v) is 6.79. The summed E-state index contributed by atoms with van der Waals surface area (Å²) in [6.07, 6.45) is 0. The Morgan fingerprint density at radius 2 is 1.91 bits per heavy atom. The fourth-order valence-corrected chi connectivity index (χ4v) is 3.22. The van der Waals surface area contributed by atoms with Gasteiger partial charge in [-0.15, -0.1) is 0 Å². The lowest BCUT2D eigenvalue weighted by atomic mass is 10.2. The van der Waals surface area contributed by atoms with Crippen LogP contribution in [0.3, 0.4) is 0 Å². The summed E-state index contributed by atoms with van der Waals surface area (Å²) in [4.78, 5) is 11.4. The Bertz CT molecular complexity index is 828. The standard InChI is InChI=1S/C17H19NO4S/c1-4-22-17-9-8-15(10-12(17)2)18-23(20,21)16-7-5-6-14(11-16)13(3)19/h5-11,18H,4H2,1-3H3. The first kappa shape index (κ1) is 17.0. The molecule has 2 aromatic carbocycles. The molecule has 1 N–H and O–H groups in total. The maximum atomic E-state index is 12.4. The number of anilines is 1. The molecule has 0 bridgehead atoms. The predicted octanol–water partition coefficient (Wildman–Crippen LogP) is 3.40. The van der Waals surface area contributed by atoms with Crippen molar-refractivity contribution in [1.29, 1.82) is 0 Å². The molecule has 0 aliphatic heterocycles. The molecule has 5 nitrogen and oxygen atoms in total. The summed E-state index contributed by atoms with van der Waals surface area (Å²) in [6, 6.07) is 11.0. The number of nitrogens with one attached hydrogen (secondary N) is 1. The van der Waals surface area contributed by atoms with Crippen LogP contribution in [0.25, 0.3) is 0 Å². The largest absolute Gasteiger partial charge is 0.494 e. The van der Waals surface area contributed by atoms with E-state index in [1.165, 1.54) is 19.1 Å². The molecule has 0 fully saturated rings. The minimum Gasteiger partial charge on any atom is -0.494 e. The van der Waals surface area contributed by atoms with Gasteiger partial charge in [-0.2, -0.15) is 0 Å². The fraction of sp³-hybridized carbons (Fsp3) is 0.235. The van der Waals surface area contributed by atoms with Gasteiger partial charge in [0, 0.05) is 11.3 Å². The topological polar surface area (TPSA) is 72.5 Å². The summed E-state index contributed by atoms with van der Waals surface area (Å²) < 4.78 is 32.8. The zero-order valence-electron chi connectivity index (χ0n) is 13.3. The molecule has 0 heterocycles. The number of rotatable bonds is 6. The number of carbonyl (C=O) groups excluding carboxylic acids is 1. The first-order valence-electron chi connectivity index (χ1n) is 7.21. The SMILES string of the molecule is CCOc1ccc(NS(=O)(=O)c2cccc(C(C)=O)c2)cc1C. The average Bonchev–Trinajstić information content (AvgIpc) is 2.50. The van der Waals surface area contributed by atoms with Crippen molar-refractivity contribution in [3.63, 3.8) is 0 Å². The summed E-state index contributed by atoms with van der Waals surface area (Å²) in [5.74, 6) is 0.535. The molecule has 122 valence electrons. The lowest BCUT2D eigenvalue weighted by Gasteiger charge is -2.12. The van der Waals surface area contributed by atoms with Gasteiger partial charge in [-0.05, 0) is 56.7 Å². The van der Waals surface area contributed by atoms with Crippen LogP contribution >= 0.6 is 0 Å². The molecule has 0 spiro atoms. The average molecular weight is 333 g/mol. The van der Waals surface area contributed by atoms with Crippen molar-refractivity contribution in [3.05, 3.63) is 53.6 Å². The quantitative estimate of drug-likeness (QED) is 0.822. The molecule has 0 aromatic heterocycles. The fourth-order valence-electron chi connectivity index (χ4n) is 2.13. The minimum atomic E-state index is -3.75. The zero-order valence-corrected chi connectivity index (χ0v) is 14.1. The van der Waals surface area contributed by atoms with Gasteiger partial charge < -0.3 is 4.74 Å². The second-order valence-electron chi connectivity index (χ2n) is 5.10. The van der Waals surface area contributed by atoms with Gasteiger partial charge in [0.25, 0.3) is 10.0 Å². The van der Waals surface area contributed by atoms with Crippen molar-refractivity contribution in [2.45, 2.75) is 25.7 Å². The monoisotopic (exact) mass is 333 g/mol. The third-order valence-electron chi connectivity index (χ3n) is 3.28. The molecule has 0 aliphatic carbocycles. The second kappa shape index (κ2) is 6.83. The van der Waals surface area contributed by atoms with E-state index < -0.39 is 10.0 Å². The van der Waals surface area contributed by atoms with Crippen LogP contribution in [-0.4, -0.2) is 20.8 Å². The molecule has 2 rings (SSSR count). The maximum Gasteiger partial charge on any atom is 0.261 e. The minimum absolute atomic E-state index is 0.0525. The van der Waals surface area contributed by atoms with E-state index in [9.17, 15) is 13.2 Å². The number of carbonyl (C=O) groups is 1. The van der Waals surface area contributed by atoms with Crippen molar-refractivity contribution < 1.29 is 17.9 Å². The Kier molecular flexibility index (Phi) is 5.05.